The highest BCUT2D eigenvalue weighted by atomic mass is 32.2. The van der Waals surface area contributed by atoms with Crippen molar-refractivity contribution in [3.8, 4) is 11.5 Å². The molecule has 9 heteroatoms. The first-order chi connectivity index (χ1) is 17.5. The van der Waals surface area contributed by atoms with Crippen LogP contribution < -0.4 is 9.47 Å². The SMILES string of the molecule is Cc1cc(C)cc(OCCOc2ccc(/C=C3/C(=N)N4N=C(c5cccnc5)SC4=NC3=O)cc2)c1. The van der Waals surface area contributed by atoms with Gasteiger partial charge in [0, 0.05) is 18.0 Å². The number of aliphatic imine (C=N–C) groups is 1. The molecule has 0 atom stereocenters. The molecule has 0 aliphatic carbocycles. The Labute approximate surface area is 212 Å². The lowest BCUT2D eigenvalue weighted by Gasteiger charge is -2.20. The number of amidine groups is 2. The van der Waals surface area contributed by atoms with Gasteiger partial charge in [-0.15, -0.1) is 0 Å². The molecule has 36 heavy (non-hydrogen) atoms. The molecular weight excluding hydrogens is 474 g/mol. The number of rotatable bonds is 7. The number of aryl methyl sites for hydroxylation is 2. The summed E-state index contributed by atoms with van der Waals surface area (Å²) in [5, 5.41) is 15.4. The van der Waals surface area contributed by atoms with Crippen LogP contribution in [0, 0.1) is 19.3 Å². The minimum Gasteiger partial charge on any atom is -0.490 e. The fraction of sp³-hybridized carbons (Fsp3) is 0.148. The van der Waals surface area contributed by atoms with E-state index < -0.39 is 5.91 Å². The van der Waals surface area contributed by atoms with Crippen LogP contribution >= 0.6 is 11.8 Å². The van der Waals surface area contributed by atoms with Gasteiger partial charge in [-0.1, -0.05) is 18.2 Å². The molecule has 180 valence electrons. The lowest BCUT2D eigenvalue weighted by atomic mass is 10.1. The number of hydrogen-bond acceptors (Lipinski definition) is 7. The van der Waals surface area contributed by atoms with Crippen molar-refractivity contribution >= 4 is 39.8 Å². The van der Waals surface area contributed by atoms with Crippen LogP contribution in [-0.4, -0.2) is 45.2 Å². The van der Waals surface area contributed by atoms with Crippen molar-refractivity contribution in [2.24, 2.45) is 10.1 Å². The van der Waals surface area contributed by atoms with E-state index in [1.807, 2.05) is 62.4 Å². The maximum atomic E-state index is 12.7. The largest absolute Gasteiger partial charge is 0.490 e. The lowest BCUT2D eigenvalue weighted by Crippen LogP contribution is -2.35. The number of aromatic nitrogens is 1. The minimum absolute atomic E-state index is 0.0137. The predicted molar refractivity (Wildman–Crippen MR) is 142 cm³/mol. The number of fused-ring (bicyclic) bond motifs is 1. The Morgan fingerprint density at radius 2 is 1.72 bits per heavy atom. The molecule has 1 aromatic heterocycles. The second-order valence-corrected chi connectivity index (χ2v) is 9.21. The Bertz CT molecular complexity index is 1390. The van der Waals surface area contributed by atoms with Crippen LogP contribution in [0.4, 0.5) is 0 Å². The number of pyridine rings is 1. The summed E-state index contributed by atoms with van der Waals surface area (Å²) in [6, 6.07) is 17.1. The van der Waals surface area contributed by atoms with E-state index in [2.05, 4.69) is 21.1 Å². The van der Waals surface area contributed by atoms with Crippen molar-refractivity contribution in [1.82, 2.24) is 9.99 Å². The van der Waals surface area contributed by atoms with Crippen LogP contribution in [0.15, 0.2) is 82.7 Å². The molecule has 0 spiro atoms. The topological polar surface area (TPSA) is 100 Å². The smallest absolute Gasteiger partial charge is 0.283 e. The second-order valence-electron chi connectivity index (χ2n) is 8.26. The Morgan fingerprint density at radius 1 is 1.00 bits per heavy atom. The zero-order valence-corrected chi connectivity index (χ0v) is 20.6. The number of hydrogen-bond donors (Lipinski definition) is 1. The third-order valence-electron chi connectivity index (χ3n) is 5.37. The first-order valence-electron chi connectivity index (χ1n) is 11.3. The fourth-order valence-corrected chi connectivity index (χ4v) is 4.64. The highest BCUT2D eigenvalue weighted by Gasteiger charge is 2.36. The summed E-state index contributed by atoms with van der Waals surface area (Å²) in [6.07, 6.45) is 5.00. The molecule has 2 aromatic carbocycles. The van der Waals surface area contributed by atoms with Crippen LogP contribution in [-0.2, 0) is 4.79 Å². The number of benzene rings is 2. The molecule has 0 bridgehead atoms. The van der Waals surface area contributed by atoms with Crippen LogP contribution in [0.3, 0.4) is 0 Å². The molecule has 0 unspecified atom stereocenters. The van der Waals surface area contributed by atoms with E-state index in [-0.39, 0.29) is 11.4 Å². The summed E-state index contributed by atoms with van der Waals surface area (Å²) < 4.78 is 11.6. The molecule has 1 N–H and O–H groups in total. The average molecular weight is 498 g/mol. The Kier molecular flexibility index (Phi) is 6.64. The molecule has 0 radical (unpaired) electrons. The Hall–Kier alpha value is -4.24. The molecule has 2 aliphatic heterocycles. The normalized spacial score (nSPS) is 16.1. The van der Waals surface area contributed by atoms with Crippen LogP contribution in [0.1, 0.15) is 22.3 Å². The van der Waals surface area contributed by atoms with Crippen molar-refractivity contribution in [2.75, 3.05) is 13.2 Å². The zero-order chi connectivity index (χ0) is 25.1. The quantitative estimate of drug-likeness (QED) is 0.371. The monoisotopic (exact) mass is 497 g/mol. The van der Waals surface area contributed by atoms with Gasteiger partial charge < -0.3 is 9.47 Å². The Morgan fingerprint density at radius 3 is 2.42 bits per heavy atom. The lowest BCUT2D eigenvalue weighted by molar-refractivity contribution is -0.114. The molecule has 3 aromatic rings. The van der Waals surface area contributed by atoms with E-state index in [0.29, 0.717) is 29.2 Å². The fourth-order valence-electron chi connectivity index (χ4n) is 3.76. The highest BCUT2D eigenvalue weighted by Crippen LogP contribution is 2.30. The molecule has 3 heterocycles. The number of carbonyl (C=O) groups is 1. The van der Waals surface area contributed by atoms with Crippen molar-refractivity contribution in [3.05, 3.63) is 94.8 Å². The van der Waals surface area contributed by atoms with E-state index in [1.165, 1.54) is 16.8 Å². The molecule has 0 saturated heterocycles. The van der Waals surface area contributed by atoms with Gasteiger partial charge in [0.1, 0.15) is 29.8 Å². The molecular formula is C27H23N5O3S. The van der Waals surface area contributed by atoms with E-state index in [9.17, 15) is 4.79 Å². The van der Waals surface area contributed by atoms with Crippen LogP contribution in [0.5, 0.6) is 11.5 Å². The van der Waals surface area contributed by atoms with Gasteiger partial charge in [0.15, 0.2) is 5.84 Å². The zero-order valence-electron chi connectivity index (χ0n) is 19.8. The summed E-state index contributed by atoms with van der Waals surface area (Å²) in [5.41, 5.74) is 4.05. The van der Waals surface area contributed by atoms with Crippen molar-refractivity contribution in [1.29, 1.82) is 5.41 Å². The van der Waals surface area contributed by atoms with Crippen molar-refractivity contribution < 1.29 is 14.3 Å². The van der Waals surface area contributed by atoms with Gasteiger partial charge in [-0.05, 0) is 84.8 Å². The van der Waals surface area contributed by atoms with E-state index in [1.54, 1.807) is 18.5 Å². The third kappa shape index (κ3) is 5.21. The van der Waals surface area contributed by atoms with Gasteiger partial charge in [0.2, 0.25) is 5.17 Å². The molecule has 0 fully saturated rings. The summed E-state index contributed by atoms with van der Waals surface area (Å²) in [5.74, 6) is 1.04. The molecule has 1 amide bonds. The number of ether oxygens (including phenoxy) is 2. The van der Waals surface area contributed by atoms with E-state index >= 15 is 0 Å². The van der Waals surface area contributed by atoms with Gasteiger partial charge in [0.25, 0.3) is 5.91 Å². The van der Waals surface area contributed by atoms with E-state index in [0.717, 1.165) is 28.0 Å². The number of thioether (sulfide) groups is 1. The van der Waals surface area contributed by atoms with Gasteiger partial charge >= 0.3 is 0 Å². The Balaban J connectivity index is 1.21. The highest BCUT2D eigenvalue weighted by molar-refractivity contribution is 8.27. The summed E-state index contributed by atoms with van der Waals surface area (Å²) >= 11 is 1.24. The van der Waals surface area contributed by atoms with Crippen molar-refractivity contribution in [2.45, 2.75) is 13.8 Å². The number of nitrogens with zero attached hydrogens (tertiary/aromatic N) is 4. The van der Waals surface area contributed by atoms with Gasteiger partial charge in [0.05, 0.1) is 5.57 Å². The molecule has 8 nitrogen and oxygen atoms in total. The second kappa shape index (κ2) is 10.2. The maximum Gasteiger partial charge on any atom is 0.283 e. The average Bonchev–Trinajstić information content (AvgIpc) is 3.29. The molecule has 0 saturated carbocycles. The molecule has 5 rings (SSSR count). The van der Waals surface area contributed by atoms with Crippen LogP contribution in [0.25, 0.3) is 6.08 Å². The summed E-state index contributed by atoms with van der Waals surface area (Å²) in [6.45, 7) is 4.91. The first-order valence-corrected chi connectivity index (χ1v) is 12.1. The maximum absolute atomic E-state index is 12.7. The predicted octanol–water partition coefficient (Wildman–Crippen LogP) is 4.82. The standard InChI is InChI=1S/C27H23N5O3S/c1-17-12-18(2)14-22(13-17)35-11-10-34-21-7-5-19(6-8-21)15-23-24(28)32-27(30-25(23)33)36-26(31-32)20-4-3-9-29-16-20/h3-9,12-16,28H,10-11H2,1-2H3/b23-15-,28-24?. The number of hydrazone groups is 1. The van der Waals surface area contributed by atoms with Gasteiger partial charge in [-0.2, -0.15) is 15.1 Å². The summed E-state index contributed by atoms with van der Waals surface area (Å²) in [7, 11) is 0. The minimum atomic E-state index is -0.467. The van der Waals surface area contributed by atoms with Crippen molar-refractivity contribution in [3.63, 3.8) is 0 Å². The number of nitrogens with one attached hydrogen (secondary N) is 1. The van der Waals surface area contributed by atoms with Crippen LogP contribution in [0.2, 0.25) is 0 Å². The summed E-state index contributed by atoms with van der Waals surface area (Å²) in [4.78, 5) is 20.9. The van der Waals surface area contributed by atoms with E-state index in [4.69, 9.17) is 14.9 Å². The van der Waals surface area contributed by atoms with Gasteiger partial charge in [-0.25, -0.2) is 0 Å². The molecule has 2 aliphatic rings. The number of carbonyl (C=O) groups excluding carboxylic acids is 1. The third-order valence-corrected chi connectivity index (χ3v) is 6.33. The van der Waals surface area contributed by atoms with Gasteiger partial charge in [-0.3, -0.25) is 15.2 Å². The first kappa shape index (κ1) is 23.5. The number of amides is 1.